The first-order valence-corrected chi connectivity index (χ1v) is 9.90. The highest BCUT2D eigenvalue weighted by molar-refractivity contribution is 7.92. The van der Waals surface area contributed by atoms with Crippen LogP contribution in [0.4, 0.5) is 10.1 Å². The first-order chi connectivity index (χ1) is 13.0. The van der Waals surface area contributed by atoms with Crippen LogP contribution in [-0.4, -0.2) is 20.8 Å². The van der Waals surface area contributed by atoms with E-state index in [9.17, 15) is 12.8 Å². The Morgan fingerprint density at radius 3 is 2.30 bits per heavy atom. The van der Waals surface area contributed by atoms with E-state index in [0.717, 1.165) is 11.1 Å². The zero-order chi connectivity index (χ0) is 19.0. The predicted octanol–water partition coefficient (Wildman–Crippen LogP) is 4.14. The molecule has 136 valence electrons. The number of anilines is 1. The third-order valence-electron chi connectivity index (χ3n) is 4.51. The molecule has 0 spiro atoms. The molecule has 0 saturated carbocycles. The zero-order valence-corrected chi connectivity index (χ0v) is 15.4. The number of halogens is 1. The summed E-state index contributed by atoms with van der Waals surface area (Å²) in [6.07, 6.45) is 0. The quantitative estimate of drug-likeness (QED) is 0.686. The highest BCUT2D eigenvalue weighted by Crippen LogP contribution is 2.32. The Morgan fingerprint density at radius 2 is 1.59 bits per heavy atom. The van der Waals surface area contributed by atoms with Crippen molar-refractivity contribution in [2.24, 2.45) is 4.99 Å². The molecule has 27 heavy (non-hydrogen) atoms. The van der Waals surface area contributed by atoms with Crippen molar-refractivity contribution >= 4 is 21.4 Å². The molecule has 0 radical (unpaired) electrons. The van der Waals surface area contributed by atoms with Crippen molar-refractivity contribution in [3.05, 3.63) is 95.3 Å². The second-order valence-corrected chi connectivity index (χ2v) is 8.20. The summed E-state index contributed by atoms with van der Waals surface area (Å²) in [5, 5.41) is 0. The molecule has 0 unspecified atom stereocenters. The minimum atomic E-state index is -3.74. The smallest absolute Gasteiger partial charge is 0.261 e. The van der Waals surface area contributed by atoms with Crippen LogP contribution in [0.1, 0.15) is 16.7 Å². The number of nitrogens with zero attached hydrogens (tertiary/aromatic N) is 2. The van der Waals surface area contributed by atoms with Crippen LogP contribution in [0.25, 0.3) is 0 Å². The number of benzene rings is 3. The van der Waals surface area contributed by atoms with Crippen molar-refractivity contribution in [1.82, 2.24) is 0 Å². The van der Waals surface area contributed by atoms with E-state index < -0.39 is 10.0 Å². The molecule has 6 heteroatoms. The second kappa shape index (κ2) is 6.63. The lowest BCUT2D eigenvalue weighted by Gasteiger charge is -2.29. The third kappa shape index (κ3) is 3.13. The molecule has 3 aromatic rings. The fourth-order valence-electron chi connectivity index (χ4n) is 3.09. The largest absolute Gasteiger partial charge is 0.265 e. The van der Waals surface area contributed by atoms with Crippen LogP contribution in [0.3, 0.4) is 0 Å². The lowest BCUT2D eigenvalue weighted by molar-refractivity contribution is 0.591. The Kier molecular flexibility index (Phi) is 4.28. The Balaban J connectivity index is 1.80. The highest BCUT2D eigenvalue weighted by atomic mass is 32.2. The fraction of sp³-hybridized carbons (Fsp3) is 0.0952. The number of rotatable bonds is 3. The molecule has 0 bridgehead atoms. The molecular formula is C21H17FN2O2S. The van der Waals surface area contributed by atoms with E-state index in [0.29, 0.717) is 17.0 Å². The number of aliphatic imine (C=N–C) groups is 1. The van der Waals surface area contributed by atoms with E-state index in [-0.39, 0.29) is 17.4 Å². The number of hydrogen-bond donors (Lipinski definition) is 0. The first kappa shape index (κ1) is 17.4. The average Bonchev–Trinajstić information content (AvgIpc) is 2.68. The molecule has 1 aliphatic rings. The lowest BCUT2D eigenvalue weighted by Crippen LogP contribution is -2.35. The number of aryl methyl sites for hydroxylation is 1. The molecule has 3 aromatic carbocycles. The third-order valence-corrected chi connectivity index (χ3v) is 6.27. The Labute approximate surface area is 157 Å². The van der Waals surface area contributed by atoms with Gasteiger partial charge in [-0.3, -0.25) is 4.99 Å². The number of fused-ring (bicyclic) bond motifs is 1. The van der Waals surface area contributed by atoms with Crippen molar-refractivity contribution in [1.29, 1.82) is 0 Å². The molecule has 4 nitrogen and oxygen atoms in total. The maximum Gasteiger partial charge on any atom is 0.265 e. The standard InChI is InChI=1S/C21H17FN2O2S/c1-15-6-12-18(13-7-15)27(25,26)24-14-23-21(16-8-10-17(22)11-9-16)19-4-2-3-5-20(19)24/h2-13H,14H2,1H3. The summed E-state index contributed by atoms with van der Waals surface area (Å²) in [4.78, 5) is 4.73. The molecule has 0 fully saturated rings. The highest BCUT2D eigenvalue weighted by Gasteiger charge is 2.30. The fourth-order valence-corrected chi connectivity index (χ4v) is 4.45. The molecular weight excluding hydrogens is 363 g/mol. The van der Waals surface area contributed by atoms with Crippen LogP contribution in [0, 0.1) is 12.7 Å². The topological polar surface area (TPSA) is 49.7 Å². The first-order valence-electron chi connectivity index (χ1n) is 8.46. The Hall–Kier alpha value is -2.99. The molecule has 0 amide bonds. The summed E-state index contributed by atoms with van der Waals surface area (Å²) in [5.74, 6) is -0.327. The van der Waals surface area contributed by atoms with Gasteiger partial charge >= 0.3 is 0 Å². The van der Waals surface area contributed by atoms with Gasteiger partial charge in [-0.15, -0.1) is 0 Å². The Bertz CT molecular complexity index is 1120. The van der Waals surface area contributed by atoms with E-state index >= 15 is 0 Å². The molecule has 0 aromatic heterocycles. The number of hydrogen-bond acceptors (Lipinski definition) is 3. The van der Waals surface area contributed by atoms with Gasteiger partial charge in [0.1, 0.15) is 12.5 Å². The second-order valence-electron chi connectivity index (χ2n) is 6.34. The minimum Gasteiger partial charge on any atom is -0.261 e. The van der Waals surface area contributed by atoms with Gasteiger partial charge in [0.05, 0.1) is 16.3 Å². The summed E-state index contributed by atoms with van der Waals surface area (Å²) in [6, 6.07) is 20.0. The van der Waals surface area contributed by atoms with Crippen molar-refractivity contribution in [2.45, 2.75) is 11.8 Å². The van der Waals surface area contributed by atoms with E-state index in [1.165, 1.54) is 16.4 Å². The molecule has 0 saturated heterocycles. The van der Waals surface area contributed by atoms with Crippen LogP contribution in [-0.2, 0) is 10.0 Å². The van der Waals surface area contributed by atoms with Crippen LogP contribution in [0.15, 0.2) is 82.7 Å². The van der Waals surface area contributed by atoms with Gasteiger partial charge in [-0.1, -0.05) is 35.9 Å². The minimum absolute atomic E-state index is 0.0278. The monoisotopic (exact) mass is 380 g/mol. The van der Waals surface area contributed by atoms with Crippen molar-refractivity contribution < 1.29 is 12.8 Å². The summed E-state index contributed by atoms with van der Waals surface area (Å²) in [6.45, 7) is 1.88. The molecule has 0 atom stereocenters. The summed E-state index contributed by atoms with van der Waals surface area (Å²) >= 11 is 0. The van der Waals surface area contributed by atoms with Gasteiger partial charge in [-0.25, -0.2) is 17.1 Å². The van der Waals surface area contributed by atoms with Crippen LogP contribution in [0.2, 0.25) is 0 Å². The molecule has 1 aliphatic heterocycles. The summed E-state index contributed by atoms with van der Waals surface area (Å²) in [5.41, 5.74) is 3.65. The molecule has 1 heterocycles. The Morgan fingerprint density at radius 1 is 0.926 bits per heavy atom. The molecule has 4 rings (SSSR count). The van der Waals surface area contributed by atoms with E-state index in [1.54, 1.807) is 48.5 Å². The number of sulfonamides is 1. The SMILES string of the molecule is Cc1ccc(S(=O)(=O)N2CN=C(c3ccc(F)cc3)c3ccccc32)cc1. The van der Waals surface area contributed by atoms with E-state index in [2.05, 4.69) is 4.99 Å². The van der Waals surface area contributed by atoms with Gasteiger partial charge < -0.3 is 0 Å². The van der Waals surface area contributed by atoms with E-state index in [4.69, 9.17) is 0 Å². The van der Waals surface area contributed by atoms with Gasteiger partial charge in [-0.05, 0) is 49.4 Å². The maximum atomic E-state index is 13.3. The lowest BCUT2D eigenvalue weighted by atomic mass is 9.99. The van der Waals surface area contributed by atoms with Gasteiger partial charge in [0, 0.05) is 11.1 Å². The van der Waals surface area contributed by atoms with Crippen molar-refractivity contribution in [2.75, 3.05) is 11.0 Å². The van der Waals surface area contributed by atoms with E-state index in [1.807, 2.05) is 19.1 Å². The maximum absolute atomic E-state index is 13.3. The van der Waals surface area contributed by atoms with Gasteiger partial charge in [0.15, 0.2) is 0 Å². The molecule has 0 N–H and O–H groups in total. The van der Waals surface area contributed by atoms with Crippen molar-refractivity contribution in [3.63, 3.8) is 0 Å². The van der Waals surface area contributed by atoms with Gasteiger partial charge in [0.25, 0.3) is 10.0 Å². The van der Waals surface area contributed by atoms with Crippen LogP contribution < -0.4 is 4.31 Å². The van der Waals surface area contributed by atoms with Crippen molar-refractivity contribution in [3.8, 4) is 0 Å². The summed E-state index contributed by atoms with van der Waals surface area (Å²) in [7, 11) is -3.74. The van der Waals surface area contributed by atoms with Crippen LogP contribution in [0.5, 0.6) is 0 Å². The van der Waals surface area contributed by atoms with Gasteiger partial charge in [0.2, 0.25) is 0 Å². The normalized spacial score (nSPS) is 13.9. The van der Waals surface area contributed by atoms with Crippen LogP contribution >= 0.6 is 0 Å². The molecule has 0 aliphatic carbocycles. The summed E-state index contributed by atoms with van der Waals surface area (Å²) < 4.78 is 40.9. The van der Waals surface area contributed by atoms with Gasteiger partial charge in [-0.2, -0.15) is 0 Å². The zero-order valence-electron chi connectivity index (χ0n) is 14.6. The number of para-hydroxylation sites is 1. The average molecular weight is 380 g/mol. The predicted molar refractivity (Wildman–Crippen MR) is 104 cm³/mol.